The molecule has 0 fully saturated rings. The summed E-state index contributed by atoms with van der Waals surface area (Å²) in [6, 6.07) is 16.4. The van der Waals surface area contributed by atoms with Crippen LogP contribution in [-0.2, 0) is 4.79 Å². The highest BCUT2D eigenvalue weighted by atomic mass is 32.2. The number of nitrogens with one attached hydrogen (secondary N) is 2. The zero-order valence-electron chi connectivity index (χ0n) is 15.2. The first-order valence-electron chi connectivity index (χ1n) is 8.30. The number of hydrogen-bond acceptors (Lipinski definition) is 8. The number of para-hydroxylation sites is 2. The molecule has 1 aromatic heterocycles. The van der Waals surface area contributed by atoms with Crippen molar-refractivity contribution < 1.29 is 9.53 Å². The van der Waals surface area contributed by atoms with Crippen molar-refractivity contribution in [2.75, 3.05) is 17.7 Å². The van der Waals surface area contributed by atoms with Crippen molar-refractivity contribution in [3.05, 3.63) is 54.1 Å². The number of rotatable bonds is 7. The number of amides is 1. The number of nitrogens with zero attached hydrogens (tertiary/aromatic N) is 3. The molecule has 0 aliphatic rings. The molecule has 0 spiro atoms. The third-order valence-electron chi connectivity index (χ3n) is 3.66. The van der Waals surface area contributed by atoms with Gasteiger partial charge in [-0.15, -0.1) is 10.2 Å². The van der Waals surface area contributed by atoms with E-state index in [4.69, 9.17) is 10.00 Å². The van der Waals surface area contributed by atoms with Crippen LogP contribution in [0.15, 0.2) is 52.9 Å². The predicted molar refractivity (Wildman–Crippen MR) is 111 cm³/mol. The van der Waals surface area contributed by atoms with Crippen molar-refractivity contribution in [1.82, 2.24) is 10.2 Å². The second-order valence-electron chi connectivity index (χ2n) is 5.64. The maximum atomic E-state index is 12.4. The number of carbonyl (C=O) groups is 1. The molecule has 0 aliphatic carbocycles. The van der Waals surface area contributed by atoms with E-state index in [-0.39, 0.29) is 11.2 Å². The molecule has 7 nitrogen and oxygen atoms in total. The number of nitriles is 1. The lowest BCUT2D eigenvalue weighted by molar-refractivity contribution is -0.115. The second kappa shape index (κ2) is 9.21. The highest BCUT2D eigenvalue weighted by Gasteiger charge is 2.18. The molecule has 1 unspecified atom stereocenters. The quantitative estimate of drug-likeness (QED) is 0.560. The van der Waals surface area contributed by atoms with E-state index in [1.807, 2.05) is 24.3 Å². The number of hydrogen-bond donors (Lipinski definition) is 2. The predicted octanol–water partition coefficient (Wildman–Crippen LogP) is 4.28. The Labute approximate surface area is 170 Å². The van der Waals surface area contributed by atoms with Gasteiger partial charge in [-0.2, -0.15) is 5.26 Å². The van der Waals surface area contributed by atoms with E-state index in [1.165, 1.54) is 23.1 Å². The molecule has 0 saturated carbocycles. The molecule has 142 valence electrons. The van der Waals surface area contributed by atoms with E-state index in [1.54, 1.807) is 38.3 Å². The van der Waals surface area contributed by atoms with Crippen LogP contribution < -0.4 is 15.4 Å². The van der Waals surface area contributed by atoms with Gasteiger partial charge in [0, 0.05) is 5.69 Å². The Morgan fingerprint density at radius 2 is 2.07 bits per heavy atom. The third kappa shape index (κ3) is 5.00. The smallest absolute Gasteiger partial charge is 0.237 e. The molecule has 9 heteroatoms. The Bertz CT molecular complexity index is 1020. The summed E-state index contributed by atoms with van der Waals surface area (Å²) in [5.41, 5.74) is 1.88. The summed E-state index contributed by atoms with van der Waals surface area (Å²) in [4.78, 5) is 12.4. The van der Waals surface area contributed by atoms with Gasteiger partial charge in [0.05, 0.1) is 29.7 Å². The molecule has 1 atom stereocenters. The molecule has 3 aromatic rings. The minimum atomic E-state index is -0.377. The van der Waals surface area contributed by atoms with Gasteiger partial charge < -0.3 is 15.4 Å². The second-order valence-corrected chi connectivity index (χ2v) is 8.21. The highest BCUT2D eigenvalue weighted by Crippen LogP contribution is 2.33. The van der Waals surface area contributed by atoms with Crippen LogP contribution in [0.1, 0.15) is 12.5 Å². The summed E-state index contributed by atoms with van der Waals surface area (Å²) < 4.78 is 5.98. The van der Waals surface area contributed by atoms with Crippen LogP contribution in [-0.4, -0.2) is 28.5 Å². The van der Waals surface area contributed by atoms with Crippen LogP contribution in [0.5, 0.6) is 5.75 Å². The standard InChI is InChI=1S/C19H17N5O2S2/c1-12(17(25)21-14-7-5-6-13(10-14)11-20)27-19-24-23-18(28-19)22-15-8-3-4-9-16(15)26-2/h3-10,12H,1-2H3,(H,21,25)(H,22,23). The minimum absolute atomic E-state index is 0.172. The van der Waals surface area contributed by atoms with Crippen molar-refractivity contribution in [3.8, 4) is 11.8 Å². The van der Waals surface area contributed by atoms with Gasteiger partial charge >= 0.3 is 0 Å². The maximum Gasteiger partial charge on any atom is 0.237 e. The first-order valence-corrected chi connectivity index (χ1v) is 10.00. The Morgan fingerprint density at radius 3 is 2.86 bits per heavy atom. The monoisotopic (exact) mass is 411 g/mol. The van der Waals surface area contributed by atoms with Crippen LogP contribution in [0, 0.1) is 11.3 Å². The van der Waals surface area contributed by atoms with Gasteiger partial charge in [-0.3, -0.25) is 4.79 Å². The van der Waals surface area contributed by atoms with Gasteiger partial charge in [0.25, 0.3) is 0 Å². The summed E-state index contributed by atoms with van der Waals surface area (Å²) in [6.45, 7) is 1.79. The SMILES string of the molecule is COc1ccccc1Nc1nnc(SC(C)C(=O)Nc2cccc(C#N)c2)s1. The number of benzene rings is 2. The van der Waals surface area contributed by atoms with Gasteiger partial charge in [0.15, 0.2) is 4.34 Å². The molecule has 0 bridgehead atoms. The van der Waals surface area contributed by atoms with Gasteiger partial charge in [-0.25, -0.2) is 0 Å². The van der Waals surface area contributed by atoms with Crippen LogP contribution in [0.25, 0.3) is 0 Å². The lowest BCUT2D eigenvalue weighted by Crippen LogP contribution is -2.22. The third-order valence-corrected chi connectivity index (χ3v) is 5.68. The highest BCUT2D eigenvalue weighted by molar-refractivity contribution is 8.02. The van der Waals surface area contributed by atoms with Crippen LogP contribution in [0.4, 0.5) is 16.5 Å². The van der Waals surface area contributed by atoms with Crippen LogP contribution >= 0.6 is 23.1 Å². The van der Waals surface area contributed by atoms with E-state index >= 15 is 0 Å². The summed E-state index contributed by atoms with van der Waals surface area (Å²) in [7, 11) is 1.61. The van der Waals surface area contributed by atoms with Crippen LogP contribution in [0.2, 0.25) is 0 Å². The number of anilines is 3. The minimum Gasteiger partial charge on any atom is -0.495 e. The summed E-state index contributed by atoms with van der Waals surface area (Å²) in [5, 5.41) is 23.4. The fourth-order valence-electron chi connectivity index (χ4n) is 2.29. The Balaban J connectivity index is 1.61. The van der Waals surface area contributed by atoms with Crippen molar-refractivity contribution in [1.29, 1.82) is 5.26 Å². The van der Waals surface area contributed by atoms with Gasteiger partial charge in [0.2, 0.25) is 11.0 Å². The van der Waals surface area contributed by atoms with E-state index in [2.05, 4.69) is 26.9 Å². The molecular weight excluding hydrogens is 394 g/mol. The summed E-state index contributed by atoms with van der Waals surface area (Å²) in [6.07, 6.45) is 0. The zero-order valence-corrected chi connectivity index (χ0v) is 16.8. The normalized spacial score (nSPS) is 11.3. The lowest BCUT2D eigenvalue weighted by Gasteiger charge is -2.10. The Hall–Kier alpha value is -3.09. The van der Waals surface area contributed by atoms with Crippen molar-refractivity contribution in [2.24, 2.45) is 0 Å². The fourth-order valence-corrected chi connectivity index (χ4v) is 4.19. The molecule has 0 radical (unpaired) electrons. The topological polar surface area (TPSA) is 99.9 Å². The van der Waals surface area contributed by atoms with Crippen molar-refractivity contribution in [2.45, 2.75) is 16.5 Å². The van der Waals surface area contributed by atoms with E-state index < -0.39 is 0 Å². The van der Waals surface area contributed by atoms with E-state index in [9.17, 15) is 4.79 Å². The van der Waals surface area contributed by atoms with Gasteiger partial charge in [0.1, 0.15) is 5.75 Å². The first kappa shape index (κ1) is 19.7. The van der Waals surface area contributed by atoms with Crippen molar-refractivity contribution >= 4 is 45.5 Å². The fraction of sp³-hybridized carbons (Fsp3) is 0.158. The maximum absolute atomic E-state index is 12.4. The molecule has 1 heterocycles. The largest absolute Gasteiger partial charge is 0.495 e. The average molecular weight is 412 g/mol. The molecule has 0 aliphatic heterocycles. The van der Waals surface area contributed by atoms with E-state index in [0.29, 0.717) is 26.5 Å². The number of methoxy groups -OCH3 is 1. The number of thioether (sulfide) groups is 1. The molecule has 28 heavy (non-hydrogen) atoms. The molecule has 2 N–H and O–H groups in total. The zero-order chi connectivity index (χ0) is 19.9. The lowest BCUT2D eigenvalue weighted by atomic mass is 10.2. The van der Waals surface area contributed by atoms with Crippen LogP contribution in [0.3, 0.4) is 0 Å². The Morgan fingerprint density at radius 1 is 1.25 bits per heavy atom. The molecule has 0 saturated heterocycles. The molecule has 3 rings (SSSR count). The average Bonchev–Trinajstić information content (AvgIpc) is 3.15. The number of carbonyl (C=O) groups excluding carboxylic acids is 1. The summed E-state index contributed by atoms with van der Waals surface area (Å²) in [5.74, 6) is 0.536. The Kier molecular flexibility index (Phi) is 6.47. The summed E-state index contributed by atoms with van der Waals surface area (Å²) >= 11 is 2.67. The first-order chi connectivity index (χ1) is 13.6. The number of aromatic nitrogens is 2. The van der Waals surface area contributed by atoms with E-state index in [0.717, 1.165) is 5.69 Å². The molecule has 1 amide bonds. The van der Waals surface area contributed by atoms with Crippen molar-refractivity contribution in [3.63, 3.8) is 0 Å². The van der Waals surface area contributed by atoms with Gasteiger partial charge in [-0.05, 0) is 37.3 Å². The molecular formula is C19H17N5O2S2. The molecule has 2 aromatic carbocycles. The van der Waals surface area contributed by atoms with Gasteiger partial charge in [-0.1, -0.05) is 41.3 Å². The number of ether oxygens (including phenoxy) is 1.